The lowest BCUT2D eigenvalue weighted by atomic mass is 10.2. The van der Waals surface area contributed by atoms with E-state index in [2.05, 4.69) is 0 Å². The van der Waals surface area contributed by atoms with Crippen LogP contribution in [0.5, 0.6) is 0 Å². The third-order valence-corrected chi connectivity index (χ3v) is 6.37. The Morgan fingerprint density at radius 3 is 2.32 bits per heavy atom. The molecular formula is C10H15N3O4S2. The van der Waals surface area contributed by atoms with Gasteiger partial charge < -0.3 is 5.73 Å². The number of nitrogen functional groups attached to an aromatic ring is 1. The molecule has 1 saturated heterocycles. The molecule has 0 aromatic carbocycles. The summed E-state index contributed by atoms with van der Waals surface area (Å²) in [5.74, 6) is 0. The third-order valence-electron chi connectivity index (χ3n) is 3.07. The van der Waals surface area contributed by atoms with Crippen LogP contribution in [0.25, 0.3) is 0 Å². The number of hydrogen-bond acceptors (Lipinski definition) is 6. The minimum Gasteiger partial charge on any atom is -0.385 e. The van der Waals surface area contributed by atoms with Gasteiger partial charge in [-0.2, -0.15) is 4.31 Å². The molecule has 19 heavy (non-hydrogen) atoms. The van der Waals surface area contributed by atoms with E-state index in [1.807, 2.05) is 0 Å². The smallest absolute Gasteiger partial charge is 0.304 e. The van der Waals surface area contributed by atoms with Gasteiger partial charge in [0.25, 0.3) is 10.0 Å². The first-order valence-corrected chi connectivity index (χ1v) is 8.22. The Morgan fingerprint density at radius 2 is 1.84 bits per heavy atom. The maximum Gasteiger partial charge on any atom is 0.304 e. The Kier molecular flexibility index (Phi) is 4.07. The van der Waals surface area contributed by atoms with Gasteiger partial charge in [0, 0.05) is 19.2 Å². The molecule has 1 aliphatic heterocycles. The van der Waals surface area contributed by atoms with Gasteiger partial charge >= 0.3 is 5.69 Å². The number of rotatable bonds is 3. The zero-order valence-electron chi connectivity index (χ0n) is 10.2. The van der Waals surface area contributed by atoms with Crippen molar-refractivity contribution in [3.63, 3.8) is 0 Å². The third kappa shape index (κ3) is 2.88. The molecule has 2 heterocycles. The highest BCUT2D eigenvalue weighted by Crippen LogP contribution is 2.36. The molecular weight excluding hydrogens is 290 g/mol. The molecule has 0 amide bonds. The van der Waals surface area contributed by atoms with Crippen LogP contribution in [0.4, 0.5) is 10.7 Å². The van der Waals surface area contributed by atoms with E-state index >= 15 is 0 Å². The van der Waals surface area contributed by atoms with Crippen LogP contribution in [-0.4, -0.2) is 30.7 Å². The Bertz CT molecular complexity index is 574. The van der Waals surface area contributed by atoms with E-state index in [0.717, 1.165) is 43.1 Å². The fourth-order valence-corrected chi connectivity index (χ4v) is 4.94. The minimum absolute atomic E-state index is 0.0430. The topological polar surface area (TPSA) is 107 Å². The van der Waals surface area contributed by atoms with E-state index in [0.29, 0.717) is 13.1 Å². The molecule has 0 radical (unpaired) electrons. The van der Waals surface area contributed by atoms with Crippen molar-refractivity contribution in [2.24, 2.45) is 0 Å². The lowest BCUT2D eigenvalue weighted by Gasteiger charge is -2.18. The maximum atomic E-state index is 12.4. The van der Waals surface area contributed by atoms with Crippen LogP contribution in [0.15, 0.2) is 10.3 Å². The van der Waals surface area contributed by atoms with Crippen LogP contribution in [0.1, 0.15) is 25.7 Å². The molecule has 1 aromatic rings. The summed E-state index contributed by atoms with van der Waals surface area (Å²) in [5, 5.41) is 10.6. The lowest BCUT2D eigenvalue weighted by molar-refractivity contribution is -0.383. The number of nitro groups is 1. The number of sulfonamides is 1. The molecule has 9 heteroatoms. The molecule has 0 bridgehead atoms. The van der Waals surface area contributed by atoms with Gasteiger partial charge in [-0.15, -0.1) is 0 Å². The fraction of sp³-hybridized carbons (Fsp3) is 0.600. The molecule has 7 nitrogen and oxygen atoms in total. The van der Waals surface area contributed by atoms with Gasteiger partial charge in [-0.1, -0.05) is 24.2 Å². The molecule has 106 valence electrons. The molecule has 2 rings (SSSR count). The SMILES string of the molecule is Nc1sc(S(=O)(=O)N2CCCCCC2)cc1[N+](=O)[O-]. The van der Waals surface area contributed by atoms with E-state index in [9.17, 15) is 18.5 Å². The number of nitrogens with zero attached hydrogens (tertiary/aromatic N) is 2. The summed E-state index contributed by atoms with van der Waals surface area (Å²) < 4.78 is 26.1. The summed E-state index contributed by atoms with van der Waals surface area (Å²) >= 11 is 0.757. The van der Waals surface area contributed by atoms with Crippen LogP contribution in [0.3, 0.4) is 0 Å². The van der Waals surface area contributed by atoms with Crippen molar-refractivity contribution in [2.45, 2.75) is 29.9 Å². The Labute approximate surface area is 115 Å². The predicted octanol–water partition coefficient (Wildman–Crippen LogP) is 1.80. The molecule has 0 atom stereocenters. The quantitative estimate of drug-likeness (QED) is 0.677. The normalized spacial score (nSPS) is 18.1. The molecule has 0 unspecified atom stereocenters. The van der Waals surface area contributed by atoms with Crippen molar-refractivity contribution in [2.75, 3.05) is 18.8 Å². The second kappa shape index (κ2) is 5.43. The number of nitrogens with two attached hydrogens (primary N) is 1. The standard InChI is InChI=1S/C10H15N3O4S2/c11-10-8(13(14)15)7-9(18-10)19(16,17)12-5-3-1-2-4-6-12/h7H,1-6,11H2. The average molecular weight is 305 g/mol. The zero-order chi connectivity index (χ0) is 14.0. The Morgan fingerprint density at radius 1 is 1.26 bits per heavy atom. The van der Waals surface area contributed by atoms with Crippen molar-refractivity contribution in [1.29, 1.82) is 0 Å². The molecule has 1 aliphatic rings. The Hall–Kier alpha value is -1.19. The van der Waals surface area contributed by atoms with Gasteiger partial charge in [-0.3, -0.25) is 10.1 Å². The molecule has 2 N–H and O–H groups in total. The first kappa shape index (κ1) is 14.2. The summed E-state index contributed by atoms with van der Waals surface area (Å²) in [6.07, 6.45) is 3.67. The zero-order valence-corrected chi connectivity index (χ0v) is 11.9. The second-order valence-electron chi connectivity index (χ2n) is 4.39. The van der Waals surface area contributed by atoms with Gasteiger partial charge in [0.05, 0.1) is 4.92 Å². The summed E-state index contributed by atoms with van der Waals surface area (Å²) in [4.78, 5) is 10.1. The van der Waals surface area contributed by atoms with Gasteiger partial charge in [0.1, 0.15) is 4.21 Å². The molecule has 0 spiro atoms. The van der Waals surface area contributed by atoms with E-state index in [-0.39, 0.29) is 14.9 Å². The van der Waals surface area contributed by atoms with Crippen LogP contribution in [0.2, 0.25) is 0 Å². The molecule has 0 saturated carbocycles. The van der Waals surface area contributed by atoms with Crippen LogP contribution >= 0.6 is 11.3 Å². The number of thiophene rings is 1. The van der Waals surface area contributed by atoms with Crippen LogP contribution < -0.4 is 5.73 Å². The van der Waals surface area contributed by atoms with Crippen molar-refractivity contribution in [3.8, 4) is 0 Å². The highest BCUT2D eigenvalue weighted by molar-refractivity contribution is 7.91. The lowest BCUT2D eigenvalue weighted by Crippen LogP contribution is -2.31. The van der Waals surface area contributed by atoms with Crippen LogP contribution in [0, 0.1) is 10.1 Å². The second-order valence-corrected chi connectivity index (χ2v) is 7.64. The average Bonchev–Trinajstić information content (AvgIpc) is 2.58. The first-order chi connectivity index (χ1) is 8.93. The van der Waals surface area contributed by atoms with E-state index in [4.69, 9.17) is 5.73 Å². The highest BCUT2D eigenvalue weighted by atomic mass is 32.2. The number of anilines is 1. The van der Waals surface area contributed by atoms with Crippen molar-refractivity contribution >= 4 is 32.0 Å². The van der Waals surface area contributed by atoms with E-state index in [1.54, 1.807) is 0 Å². The molecule has 1 aromatic heterocycles. The summed E-state index contributed by atoms with van der Waals surface area (Å²) in [5.41, 5.74) is 5.16. The summed E-state index contributed by atoms with van der Waals surface area (Å²) in [6.45, 7) is 0.932. The Balaban J connectivity index is 2.33. The first-order valence-electron chi connectivity index (χ1n) is 5.97. The summed E-state index contributed by atoms with van der Waals surface area (Å²) in [6, 6.07) is 1.06. The van der Waals surface area contributed by atoms with Gasteiger partial charge in [0.15, 0.2) is 5.00 Å². The van der Waals surface area contributed by atoms with Crippen molar-refractivity contribution in [1.82, 2.24) is 4.31 Å². The van der Waals surface area contributed by atoms with Crippen molar-refractivity contribution in [3.05, 3.63) is 16.2 Å². The summed E-state index contributed by atoms with van der Waals surface area (Å²) in [7, 11) is -3.65. The van der Waals surface area contributed by atoms with Gasteiger partial charge in [-0.05, 0) is 12.8 Å². The van der Waals surface area contributed by atoms with Crippen molar-refractivity contribution < 1.29 is 13.3 Å². The minimum atomic E-state index is -3.65. The highest BCUT2D eigenvalue weighted by Gasteiger charge is 2.30. The predicted molar refractivity (Wildman–Crippen MR) is 72.6 cm³/mol. The molecule has 1 fully saturated rings. The molecule has 0 aliphatic carbocycles. The largest absolute Gasteiger partial charge is 0.385 e. The van der Waals surface area contributed by atoms with E-state index < -0.39 is 14.9 Å². The maximum absolute atomic E-state index is 12.4. The van der Waals surface area contributed by atoms with E-state index in [1.165, 1.54) is 4.31 Å². The monoisotopic (exact) mass is 305 g/mol. The van der Waals surface area contributed by atoms with Gasteiger partial charge in [0.2, 0.25) is 0 Å². The number of hydrogen-bond donors (Lipinski definition) is 1. The van der Waals surface area contributed by atoms with Gasteiger partial charge in [-0.25, -0.2) is 8.42 Å². The van der Waals surface area contributed by atoms with Crippen LogP contribution in [-0.2, 0) is 10.0 Å². The fourth-order valence-electron chi connectivity index (χ4n) is 2.05.